The molecule has 0 bridgehead atoms. The van der Waals surface area contributed by atoms with Gasteiger partial charge in [0.15, 0.2) is 17.0 Å². The van der Waals surface area contributed by atoms with Gasteiger partial charge in [-0.25, -0.2) is 9.78 Å². The summed E-state index contributed by atoms with van der Waals surface area (Å²) < 4.78 is 10.6. The molecule has 0 fully saturated rings. The molecule has 0 amide bonds. The fourth-order valence-corrected chi connectivity index (χ4v) is 1.46. The fraction of sp³-hybridized carbons (Fsp3) is 0.444. The lowest BCUT2D eigenvalue weighted by Crippen LogP contribution is -2.17. The maximum absolute atomic E-state index is 11.6. The standard InChI is InChI=1S/C9H9Cl3N2O4/c1-5(15)18-4-14-7(12)6(11)13-8(14)9(16)17-3-2-10/h2-4H2,1H3. The van der Waals surface area contributed by atoms with Crippen molar-refractivity contribution in [3.8, 4) is 0 Å². The number of hydrogen-bond acceptors (Lipinski definition) is 5. The van der Waals surface area contributed by atoms with E-state index >= 15 is 0 Å². The van der Waals surface area contributed by atoms with Crippen LogP contribution in [0.3, 0.4) is 0 Å². The van der Waals surface area contributed by atoms with Crippen molar-refractivity contribution in [1.29, 1.82) is 0 Å². The molecule has 0 N–H and O–H groups in total. The first-order valence-electron chi connectivity index (χ1n) is 4.75. The first kappa shape index (κ1) is 15.1. The van der Waals surface area contributed by atoms with Crippen LogP contribution >= 0.6 is 34.8 Å². The summed E-state index contributed by atoms with van der Waals surface area (Å²) in [6.07, 6.45) is 0. The van der Waals surface area contributed by atoms with Gasteiger partial charge in [0, 0.05) is 6.92 Å². The molecule has 0 atom stereocenters. The first-order chi connectivity index (χ1) is 8.47. The van der Waals surface area contributed by atoms with Gasteiger partial charge < -0.3 is 9.47 Å². The summed E-state index contributed by atoms with van der Waals surface area (Å²) in [5.41, 5.74) is 0. The number of halogens is 3. The molecule has 0 saturated carbocycles. The van der Waals surface area contributed by atoms with Gasteiger partial charge in [-0.1, -0.05) is 23.2 Å². The summed E-state index contributed by atoms with van der Waals surface area (Å²) in [5, 5.41) is -0.0996. The molecule has 100 valence electrons. The largest absolute Gasteiger partial charge is 0.459 e. The molecular formula is C9H9Cl3N2O4. The van der Waals surface area contributed by atoms with Crippen molar-refractivity contribution in [3.63, 3.8) is 0 Å². The number of alkyl halides is 1. The second-order valence-corrected chi connectivity index (χ2v) is 4.13. The van der Waals surface area contributed by atoms with Gasteiger partial charge in [-0.15, -0.1) is 11.6 Å². The molecule has 1 heterocycles. The van der Waals surface area contributed by atoms with E-state index in [0.717, 1.165) is 4.57 Å². The van der Waals surface area contributed by atoms with Crippen molar-refractivity contribution in [3.05, 3.63) is 16.1 Å². The van der Waals surface area contributed by atoms with Gasteiger partial charge in [0.2, 0.25) is 5.82 Å². The van der Waals surface area contributed by atoms with E-state index in [1.165, 1.54) is 6.92 Å². The van der Waals surface area contributed by atoms with Gasteiger partial charge in [0.05, 0.1) is 5.88 Å². The van der Waals surface area contributed by atoms with Crippen LogP contribution in [0.2, 0.25) is 10.3 Å². The Kier molecular flexibility index (Phi) is 5.71. The van der Waals surface area contributed by atoms with Crippen LogP contribution in [0.15, 0.2) is 0 Å². The van der Waals surface area contributed by atoms with E-state index in [9.17, 15) is 9.59 Å². The SMILES string of the molecule is CC(=O)OCn1c(C(=O)OCCCl)nc(Cl)c1Cl. The molecule has 0 aliphatic rings. The zero-order valence-corrected chi connectivity index (χ0v) is 11.6. The molecule has 1 aromatic heterocycles. The van der Waals surface area contributed by atoms with Crippen LogP contribution in [0.1, 0.15) is 17.5 Å². The van der Waals surface area contributed by atoms with E-state index in [1.54, 1.807) is 0 Å². The first-order valence-corrected chi connectivity index (χ1v) is 6.04. The summed E-state index contributed by atoms with van der Waals surface area (Å²) in [6, 6.07) is 0. The van der Waals surface area contributed by atoms with E-state index in [4.69, 9.17) is 44.3 Å². The van der Waals surface area contributed by atoms with E-state index < -0.39 is 11.9 Å². The van der Waals surface area contributed by atoms with Gasteiger partial charge in [-0.2, -0.15) is 0 Å². The maximum Gasteiger partial charge on any atom is 0.374 e. The highest BCUT2D eigenvalue weighted by atomic mass is 35.5. The molecule has 0 aliphatic heterocycles. The highest BCUT2D eigenvalue weighted by Crippen LogP contribution is 2.23. The maximum atomic E-state index is 11.6. The zero-order chi connectivity index (χ0) is 13.7. The van der Waals surface area contributed by atoms with E-state index in [1.807, 2.05) is 0 Å². The van der Waals surface area contributed by atoms with E-state index in [2.05, 4.69) is 4.98 Å². The smallest absolute Gasteiger partial charge is 0.374 e. The Morgan fingerprint density at radius 1 is 1.33 bits per heavy atom. The molecule has 18 heavy (non-hydrogen) atoms. The van der Waals surface area contributed by atoms with Crippen molar-refractivity contribution in [2.45, 2.75) is 13.7 Å². The van der Waals surface area contributed by atoms with Gasteiger partial charge in [-0.05, 0) is 0 Å². The fourth-order valence-electron chi connectivity index (χ4n) is 1.03. The van der Waals surface area contributed by atoms with Crippen molar-refractivity contribution in [1.82, 2.24) is 9.55 Å². The lowest BCUT2D eigenvalue weighted by molar-refractivity contribution is -0.144. The second-order valence-electron chi connectivity index (χ2n) is 3.03. The Bertz CT molecular complexity index is 461. The number of imidazole rings is 1. The molecule has 0 radical (unpaired) electrons. The van der Waals surface area contributed by atoms with Crippen molar-refractivity contribution >= 4 is 46.7 Å². The number of aromatic nitrogens is 2. The minimum absolute atomic E-state index is 0.0178. The van der Waals surface area contributed by atoms with Gasteiger partial charge in [0.25, 0.3) is 0 Å². The van der Waals surface area contributed by atoms with Crippen LogP contribution in [-0.4, -0.2) is 34.0 Å². The summed E-state index contributed by atoms with van der Waals surface area (Å²) >= 11 is 16.9. The van der Waals surface area contributed by atoms with E-state index in [0.29, 0.717) is 0 Å². The lowest BCUT2D eigenvalue weighted by atomic mass is 10.6. The predicted molar refractivity (Wildman–Crippen MR) is 65.0 cm³/mol. The number of nitrogens with zero attached hydrogens (tertiary/aromatic N) is 2. The van der Waals surface area contributed by atoms with Crippen LogP contribution in [0.4, 0.5) is 0 Å². The summed E-state index contributed by atoms with van der Waals surface area (Å²) in [4.78, 5) is 26.1. The Morgan fingerprint density at radius 3 is 2.56 bits per heavy atom. The molecule has 0 unspecified atom stereocenters. The average Bonchev–Trinajstić information content (AvgIpc) is 2.60. The number of hydrogen-bond donors (Lipinski definition) is 0. The van der Waals surface area contributed by atoms with Crippen molar-refractivity contribution in [2.24, 2.45) is 0 Å². The number of ether oxygens (including phenoxy) is 2. The second kappa shape index (κ2) is 6.82. The third kappa shape index (κ3) is 3.76. The molecule has 0 aliphatic carbocycles. The van der Waals surface area contributed by atoms with Crippen LogP contribution in [-0.2, 0) is 21.0 Å². The molecule has 0 spiro atoms. The van der Waals surface area contributed by atoms with Crippen molar-refractivity contribution < 1.29 is 19.1 Å². The Labute approximate surface area is 118 Å². The molecule has 0 aromatic carbocycles. The number of rotatable bonds is 5. The number of esters is 2. The highest BCUT2D eigenvalue weighted by Gasteiger charge is 2.22. The zero-order valence-electron chi connectivity index (χ0n) is 9.28. The summed E-state index contributed by atoms with van der Waals surface area (Å²) in [7, 11) is 0. The average molecular weight is 316 g/mol. The van der Waals surface area contributed by atoms with Crippen LogP contribution in [0.5, 0.6) is 0 Å². The molecule has 9 heteroatoms. The molecule has 1 rings (SSSR count). The minimum atomic E-state index is -0.753. The third-order valence-corrected chi connectivity index (χ3v) is 2.65. The third-order valence-electron chi connectivity index (χ3n) is 1.76. The topological polar surface area (TPSA) is 70.4 Å². The predicted octanol–water partition coefficient (Wildman–Crippen LogP) is 2.11. The normalized spacial score (nSPS) is 10.2. The lowest BCUT2D eigenvalue weighted by Gasteiger charge is -2.08. The van der Waals surface area contributed by atoms with Gasteiger partial charge in [-0.3, -0.25) is 9.36 Å². The quantitative estimate of drug-likeness (QED) is 0.615. The molecular weight excluding hydrogens is 306 g/mol. The van der Waals surface area contributed by atoms with Crippen LogP contribution in [0.25, 0.3) is 0 Å². The molecule has 0 saturated heterocycles. The monoisotopic (exact) mass is 314 g/mol. The van der Waals surface area contributed by atoms with Gasteiger partial charge in [0.1, 0.15) is 6.61 Å². The Hall–Kier alpha value is -0.980. The minimum Gasteiger partial charge on any atom is -0.459 e. The molecule has 6 nitrogen and oxygen atoms in total. The van der Waals surface area contributed by atoms with Crippen LogP contribution < -0.4 is 0 Å². The van der Waals surface area contributed by atoms with Crippen LogP contribution in [0, 0.1) is 0 Å². The summed E-state index contributed by atoms with van der Waals surface area (Å²) in [6.45, 7) is 0.965. The highest BCUT2D eigenvalue weighted by molar-refractivity contribution is 6.40. The Morgan fingerprint density at radius 2 is 2.00 bits per heavy atom. The molecule has 1 aromatic rings. The number of carbonyl (C=O) groups excluding carboxylic acids is 2. The summed E-state index contributed by atoms with van der Waals surface area (Å²) in [5.74, 6) is -1.29. The Balaban J connectivity index is 2.92. The van der Waals surface area contributed by atoms with Crippen molar-refractivity contribution in [2.75, 3.05) is 12.5 Å². The van der Waals surface area contributed by atoms with E-state index in [-0.39, 0.29) is 35.3 Å². The van der Waals surface area contributed by atoms with Gasteiger partial charge >= 0.3 is 11.9 Å². The number of carbonyl (C=O) groups is 2.